The quantitative estimate of drug-likeness (QED) is 0.636. The van der Waals surface area contributed by atoms with Crippen LogP contribution in [0.4, 0.5) is 5.69 Å². The molecule has 8 nitrogen and oxygen atoms in total. The molecule has 0 amide bonds. The molecule has 0 aliphatic carbocycles. The number of hydrogen-bond donors (Lipinski definition) is 0. The third-order valence-electron chi connectivity index (χ3n) is 5.04. The molecule has 152 valence electrons. The maximum atomic E-state index is 12.8. The molecular weight excluding hydrogens is 390 g/mol. The van der Waals surface area contributed by atoms with Gasteiger partial charge in [0.1, 0.15) is 0 Å². The van der Waals surface area contributed by atoms with Crippen molar-refractivity contribution in [3.8, 4) is 0 Å². The van der Waals surface area contributed by atoms with Crippen LogP contribution in [0.1, 0.15) is 12.0 Å². The number of rotatable bonds is 7. The van der Waals surface area contributed by atoms with Crippen molar-refractivity contribution in [2.75, 3.05) is 64.1 Å². The molecule has 0 spiro atoms. The van der Waals surface area contributed by atoms with E-state index in [2.05, 4.69) is 4.90 Å². The second-order valence-corrected chi connectivity index (χ2v) is 11.2. The Morgan fingerprint density at radius 2 is 1.78 bits per heavy atom. The van der Waals surface area contributed by atoms with Crippen LogP contribution in [0.3, 0.4) is 0 Å². The number of nitrogens with zero attached hydrogens (tertiary/aromatic N) is 3. The first-order valence-corrected chi connectivity index (χ1v) is 12.1. The van der Waals surface area contributed by atoms with E-state index in [9.17, 15) is 16.8 Å². The molecule has 0 saturated carbocycles. The average molecular weight is 418 g/mol. The van der Waals surface area contributed by atoms with Gasteiger partial charge >= 0.3 is 0 Å². The van der Waals surface area contributed by atoms with Gasteiger partial charge in [-0.05, 0) is 36.6 Å². The highest BCUT2D eigenvalue weighted by molar-refractivity contribution is 7.89. The standard InChI is InChI=1S/C17H27N3O5S2/c1-18(2)26(21,22)13-3-7-19-8-6-15-14-16(4-5-17(15)19)27(23,24)20-9-11-25-12-10-20/h4-5,14H,3,6-13H2,1-2H3. The molecule has 3 rings (SSSR count). The van der Waals surface area contributed by atoms with Crippen molar-refractivity contribution in [2.24, 2.45) is 0 Å². The van der Waals surface area contributed by atoms with Crippen molar-refractivity contribution in [3.63, 3.8) is 0 Å². The van der Waals surface area contributed by atoms with Gasteiger partial charge in [-0.1, -0.05) is 0 Å². The largest absolute Gasteiger partial charge is 0.379 e. The highest BCUT2D eigenvalue weighted by Crippen LogP contribution is 2.31. The molecule has 0 aromatic heterocycles. The lowest BCUT2D eigenvalue weighted by atomic mass is 10.2. The van der Waals surface area contributed by atoms with Crippen LogP contribution in [0.25, 0.3) is 0 Å². The van der Waals surface area contributed by atoms with Gasteiger partial charge in [0.25, 0.3) is 0 Å². The van der Waals surface area contributed by atoms with Crippen LogP contribution in [0.15, 0.2) is 23.1 Å². The number of ether oxygens (including phenoxy) is 1. The van der Waals surface area contributed by atoms with Gasteiger partial charge in [0, 0.05) is 46.0 Å². The monoisotopic (exact) mass is 417 g/mol. The van der Waals surface area contributed by atoms with Gasteiger partial charge in [-0.25, -0.2) is 21.1 Å². The van der Waals surface area contributed by atoms with E-state index in [1.54, 1.807) is 12.1 Å². The van der Waals surface area contributed by atoms with Crippen LogP contribution in [0, 0.1) is 0 Å². The Bertz CT molecular complexity index is 878. The van der Waals surface area contributed by atoms with Gasteiger partial charge in [-0.2, -0.15) is 4.31 Å². The zero-order chi connectivity index (χ0) is 19.7. The van der Waals surface area contributed by atoms with Crippen LogP contribution >= 0.6 is 0 Å². The van der Waals surface area contributed by atoms with Crippen molar-refractivity contribution in [1.29, 1.82) is 0 Å². The fraction of sp³-hybridized carbons (Fsp3) is 0.647. The van der Waals surface area contributed by atoms with E-state index in [4.69, 9.17) is 4.74 Å². The van der Waals surface area contributed by atoms with Crippen molar-refractivity contribution >= 4 is 25.7 Å². The molecule has 2 aliphatic heterocycles. The molecule has 1 aromatic rings. The van der Waals surface area contributed by atoms with Gasteiger partial charge in [0.2, 0.25) is 20.0 Å². The highest BCUT2D eigenvalue weighted by atomic mass is 32.2. The Balaban J connectivity index is 1.68. The summed E-state index contributed by atoms with van der Waals surface area (Å²) in [6, 6.07) is 5.26. The number of fused-ring (bicyclic) bond motifs is 1. The smallest absolute Gasteiger partial charge is 0.243 e. The molecule has 0 unspecified atom stereocenters. The minimum Gasteiger partial charge on any atom is -0.379 e. The summed E-state index contributed by atoms with van der Waals surface area (Å²) in [5.41, 5.74) is 2.00. The van der Waals surface area contributed by atoms with Crippen LogP contribution in [0.2, 0.25) is 0 Å². The van der Waals surface area contributed by atoms with E-state index in [0.29, 0.717) is 44.2 Å². The van der Waals surface area contributed by atoms with Crippen molar-refractivity contribution in [2.45, 2.75) is 17.7 Å². The summed E-state index contributed by atoms with van der Waals surface area (Å²) >= 11 is 0. The van der Waals surface area contributed by atoms with Gasteiger partial charge in [0.15, 0.2) is 0 Å². The number of anilines is 1. The van der Waals surface area contributed by atoms with Gasteiger partial charge < -0.3 is 9.64 Å². The lowest BCUT2D eigenvalue weighted by Gasteiger charge is -2.26. The van der Waals surface area contributed by atoms with E-state index >= 15 is 0 Å². The minimum atomic E-state index is -3.50. The Labute approximate surface area is 161 Å². The predicted octanol–water partition coefficient (Wildman–Crippen LogP) is 0.352. The van der Waals surface area contributed by atoms with E-state index in [0.717, 1.165) is 24.2 Å². The lowest BCUT2D eigenvalue weighted by Crippen LogP contribution is -2.40. The summed E-state index contributed by atoms with van der Waals surface area (Å²) in [5, 5.41) is 0. The third kappa shape index (κ3) is 4.45. The Kier molecular flexibility index (Phi) is 6.11. The minimum absolute atomic E-state index is 0.106. The highest BCUT2D eigenvalue weighted by Gasteiger charge is 2.28. The van der Waals surface area contributed by atoms with Crippen LogP contribution in [-0.2, 0) is 31.2 Å². The van der Waals surface area contributed by atoms with Crippen molar-refractivity contribution < 1.29 is 21.6 Å². The second-order valence-electron chi connectivity index (χ2n) is 7.00. The Morgan fingerprint density at radius 1 is 1.07 bits per heavy atom. The second kappa shape index (κ2) is 8.04. The average Bonchev–Trinajstić information content (AvgIpc) is 3.04. The number of morpholine rings is 1. The molecule has 1 saturated heterocycles. The molecule has 0 N–H and O–H groups in total. The molecule has 0 atom stereocenters. The van der Waals surface area contributed by atoms with E-state index in [1.165, 1.54) is 22.7 Å². The van der Waals surface area contributed by atoms with E-state index < -0.39 is 20.0 Å². The summed E-state index contributed by atoms with van der Waals surface area (Å²) in [5.74, 6) is 0.106. The van der Waals surface area contributed by atoms with Crippen LogP contribution in [0.5, 0.6) is 0 Å². The SMILES string of the molecule is CN(C)S(=O)(=O)CCCN1CCc2cc(S(=O)(=O)N3CCOCC3)ccc21. The molecular formula is C17H27N3O5S2. The first kappa shape index (κ1) is 20.5. The molecule has 1 aromatic carbocycles. The number of hydrogen-bond acceptors (Lipinski definition) is 6. The predicted molar refractivity (Wildman–Crippen MR) is 104 cm³/mol. The van der Waals surface area contributed by atoms with Gasteiger partial charge in [-0.3, -0.25) is 0 Å². The molecule has 0 radical (unpaired) electrons. The topological polar surface area (TPSA) is 87.2 Å². The molecule has 2 aliphatic rings. The molecule has 27 heavy (non-hydrogen) atoms. The van der Waals surface area contributed by atoms with Gasteiger partial charge in [-0.15, -0.1) is 0 Å². The molecule has 10 heteroatoms. The lowest BCUT2D eigenvalue weighted by molar-refractivity contribution is 0.0730. The zero-order valence-corrected chi connectivity index (χ0v) is 17.4. The molecule has 0 bridgehead atoms. The summed E-state index contributed by atoms with van der Waals surface area (Å²) in [4.78, 5) is 2.45. The summed E-state index contributed by atoms with van der Waals surface area (Å²) in [6.07, 6.45) is 1.30. The third-order valence-corrected chi connectivity index (χ3v) is 8.85. The van der Waals surface area contributed by atoms with Gasteiger partial charge in [0.05, 0.1) is 23.9 Å². The first-order valence-electron chi connectivity index (χ1n) is 9.08. The van der Waals surface area contributed by atoms with Crippen LogP contribution in [-0.4, -0.2) is 84.7 Å². The van der Waals surface area contributed by atoms with Crippen LogP contribution < -0.4 is 4.90 Å². The summed E-state index contributed by atoms with van der Waals surface area (Å²) in [6.45, 7) is 3.02. The fourth-order valence-electron chi connectivity index (χ4n) is 3.40. The number of sulfonamides is 2. The van der Waals surface area contributed by atoms with Crippen molar-refractivity contribution in [1.82, 2.24) is 8.61 Å². The Morgan fingerprint density at radius 3 is 2.44 bits per heavy atom. The first-order chi connectivity index (χ1) is 12.7. The number of benzene rings is 1. The summed E-state index contributed by atoms with van der Waals surface area (Å²) in [7, 11) is -3.61. The normalized spacial score (nSPS) is 18.9. The maximum Gasteiger partial charge on any atom is 0.243 e. The van der Waals surface area contributed by atoms with Crippen molar-refractivity contribution in [3.05, 3.63) is 23.8 Å². The Hall–Kier alpha value is -1.20. The fourth-order valence-corrected chi connectivity index (χ4v) is 5.71. The summed E-state index contributed by atoms with van der Waals surface area (Å²) < 4.78 is 57.3. The molecule has 2 heterocycles. The van der Waals surface area contributed by atoms with E-state index in [1.807, 2.05) is 6.07 Å². The maximum absolute atomic E-state index is 12.8. The zero-order valence-electron chi connectivity index (χ0n) is 15.8. The molecule has 1 fully saturated rings. The van der Waals surface area contributed by atoms with E-state index in [-0.39, 0.29) is 5.75 Å².